The van der Waals surface area contributed by atoms with Crippen molar-refractivity contribution in [1.82, 2.24) is 10.2 Å². The van der Waals surface area contributed by atoms with Crippen molar-refractivity contribution < 1.29 is 14.3 Å². The van der Waals surface area contributed by atoms with E-state index in [0.717, 1.165) is 4.34 Å². The number of nitrogens with one attached hydrogen (secondary N) is 1. The van der Waals surface area contributed by atoms with E-state index < -0.39 is 0 Å². The highest BCUT2D eigenvalue weighted by molar-refractivity contribution is 8.01. The Hall–Kier alpha value is -1.51. The van der Waals surface area contributed by atoms with Gasteiger partial charge in [-0.3, -0.25) is 4.79 Å². The molecular formula is C15H16ClN3O3S2. The molecule has 1 aromatic heterocycles. The molecule has 1 aromatic carbocycles. The van der Waals surface area contributed by atoms with Gasteiger partial charge in [0.05, 0.1) is 6.42 Å². The molecular weight excluding hydrogens is 370 g/mol. The topological polar surface area (TPSA) is 73.3 Å². The van der Waals surface area contributed by atoms with Crippen molar-refractivity contribution >= 4 is 45.7 Å². The second-order valence-corrected chi connectivity index (χ2v) is 8.56. The number of ether oxygens (including phenoxy) is 2. The van der Waals surface area contributed by atoms with Crippen molar-refractivity contribution in [3.8, 4) is 11.5 Å². The minimum absolute atomic E-state index is 0.127. The van der Waals surface area contributed by atoms with Crippen LogP contribution in [-0.4, -0.2) is 34.6 Å². The number of carbonyl (C=O) groups excluding carboxylic acids is 1. The Bertz CT molecular complexity index is 752. The first-order valence-electron chi connectivity index (χ1n) is 7.39. The SMILES string of the molecule is CC(C)Sc1nnc(NC(=O)Cc2cc3c(cc2Cl)OCCO3)s1. The van der Waals surface area contributed by atoms with Gasteiger partial charge < -0.3 is 14.8 Å². The van der Waals surface area contributed by atoms with E-state index in [1.54, 1.807) is 23.9 Å². The Kier molecular flexibility index (Phi) is 5.47. The van der Waals surface area contributed by atoms with Crippen LogP contribution in [-0.2, 0) is 11.2 Å². The van der Waals surface area contributed by atoms with Crippen LogP contribution in [0.5, 0.6) is 11.5 Å². The van der Waals surface area contributed by atoms with Gasteiger partial charge >= 0.3 is 0 Å². The molecule has 0 bridgehead atoms. The van der Waals surface area contributed by atoms with E-state index in [0.29, 0.717) is 45.7 Å². The largest absolute Gasteiger partial charge is 0.486 e. The average Bonchev–Trinajstić information content (AvgIpc) is 2.94. The van der Waals surface area contributed by atoms with Crippen LogP contribution in [0.1, 0.15) is 19.4 Å². The molecule has 0 spiro atoms. The lowest BCUT2D eigenvalue weighted by Crippen LogP contribution is -2.17. The zero-order valence-corrected chi connectivity index (χ0v) is 15.6. The third-order valence-electron chi connectivity index (χ3n) is 3.05. The Morgan fingerprint density at radius 3 is 2.75 bits per heavy atom. The first-order chi connectivity index (χ1) is 11.5. The summed E-state index contributed by atoms with van der Waals surface area (Å²) in [5.41, 5.74) is 0.680. The number of amides is 1. The maximum atomic E-state index is 12.2. The van der Waals surface area contributed by atoms with Gasteiger partial charge in [0.25, 0.3) is 0 Å². The number of rotatable bonds is 5. The van der Waals surface area contributed by atoms with Crippen LogP contribution in [0.25, 0.3) is 0 Å². The fourth-order valence-electron chi connectivity index (χ4n) is 2.09. The molecule has 3 rings (SSSR count). The molecule has 6 nitrogen and oxygen atoms in total. The second kappa shape index (κ2) is 7.58. The van der Waals surface area contributed by atoms with Crippen LogP contribution in [0.2, 0.25) is 5.02 Å². The maximum Gasteiger partial charge on any atom is 0.230 e. The highest BCUT2D eigenvalue weighted by Crippen LogP contribution is 2.35. The van der Waals surface area contributed by atoms with Gasteiger partial charge in [0.1, 0.15) is 13.2 Å². The van der Waals surface area contributed by atoms with Crippen molar-refractivity contribution in [1.29, 1.82) is 0 Å². The van der Waals surface area contributed by atoms with Crippen molar-refractivity contribution in [2.45, 2.75) is 29.9 Å². The summed E-state index contributed by atoms with van der Waals surface area (Å²) in [5, 5.41) is 12.2. The van der Waals surface area contributed by atoms with Crippen LogP contribution in [0.15, 0.2) is 16.5 Å². The third kappa shape index (κ3) is 4.31. The molecule has 2 aromatic rings. The fourth-order valence-corrected chi connectivity index (χ4v) is 4.30. The van der Waals surface area contributed by atoms with Gasteiger partial charge in [0, 0.05) is 16.3 Å². The molecule has 24 heavy (non-hydrogen) atoms. The summed E-state index contributed by atoms with van der Waals surface area (Å²) in [6.45, 7) is 5.14. The Labute approximate surface area is 152 Å². The molecule has 0 fully saturated rings. The number of hydrogen-bond acceptors (Lipinski definition) is 7. The van der Waals surface area contributed by atoms with Gasteiger partial charge in [-0.15, -0.1) is 10.2 Å². The number of aromatic nitrogens is 2. The highest BCUT2D eigenvalue weighted by Gasteiger charge is 2.17. The Morgan fingerprint density at radius 2 is 2.04 bits per heavy atom. The molecule has 1 amide bonds. The molecule has 0 saturated heterocycles. The summed E-state index contributed by atoms with van der Waals surface area (Å²) in [6, 6.07) is 3.43. The number of nitrogens with zero attached hydrogens (tertiary/aromatic N) is 2. The normalized spacial score (nSPS) is 13.2. The molecule has 1 aliphatic rings. The highest BCUT2D eigenvalue weighted by atomic mass is 35.5. The molecule has 0 radical (unpaired) electrons. The minimum atomic E-state index is -0.203. The van der Waals surface area contributed by atoms with E-state index >= 15 is 0 Å². The van der Waals surface area contributed by atoms with Crippen LogP contribution in [0.3, 0.4) is 0 Å². The molecule has 0 unspecified atom stereocenters. The van der Waals surface area contributed by atoms with Gasteiger partial charge in [-0.05, 0) is 11.6 Å². The number of thioether (sulfide) groups is 1. The number of benzene rings is 1. The quantitative estimate of drug-likeness (QED) is 0.625. The van der Waals surface area contributed by atoms with Crippen LogP contribution in [0.4, 0.5) is 5.13 Å². The van der Waals surface area contributed by atoms with Crippen molar-refractivity contribution in [3.05, 3.63) is 22.7 Å². The van der Waals surface area contributed by atoms with E-state index in [2.05, 4.69) is 29.4 Å². The summed E-state index contributed by atoms with van der Waals surface area (Å²) >= 11 is 9.19. The van der Waals surface area contributed by atoms with Crippen LogP contribution in [0, 0.1) is 0 Å². The number of fused-ring (bicyclic) bond motifs is 1. The fraction of sp³-hybridized carbons (Fsp3) is 0.400. The lowest BCUT2D eigenvalue weighted by molar-refractivity contribution is -0.115. The summed E-state index contributed by atoms with van der Waals surface area (Å²) in [6.07, 6.45) is 0.127. The Morgan fingerprint density at radius 1 is 1.33 bits per heavy atom. The van der Waals surface area contributed by atoms with Crippen molar-refractivity contribution in [2.75, 3.05) is 18.5 Å². The van der Waals surface area contributed by atoms with E-state index in [1.165, 1.54) is 11.3 Å². The molecule has 0 saturated carbocycles. The van der Waals surface area contributed by atoms with E-state index in [1.807, 2.05) is 0 Å². The minimum Gasteiger partial charge on any atom is -0.486 e. The molecule has 9 heteroatoms. The van der Waals surface area contributed by atoms with Crippen molar-refractivity contribution in [2.24, 2.45) is 0 Å². The zero-order valence-electron chi connectivity index (χ0n) is 13.2. The van der Waals surface area contributed by atoms with Crippen LogP contribution < -0.4 is 14.8 Å². The molecule has 2 heterocycles. The van der Waals surface area contributed by atoms with Gasteiger partial charge in [-0.1, -0.05) is 48.5 Å². The van der Waals surface area contributed by atoms with Gasteiger partial charge in [0.2, 0.25) is 11.0 Å². The summed E-state index contributed by atoms with van der Waals surface area (Å²) in [7, 11) is 0. The number of hydrogen-bond donors (Lipinski definition) is 1. The second-order valence-electron chi connectivity index (χ2n) is 5.35. The lowest BCUT2D eigenvalue weighted by atomic mass is 10.1. The zero-order chi connectivity index (χ0) is 17.1. The van der Waals surface area contributed by atoms with Crippen LogP contribution >= 0.6 is 34.7 Å². The standard InChI is InChI=1S/C15H16ClN3O3S2/c1-8(2)23-15-19-18-14(24-15)17-13(20)6-9-5-11-12(7-10(9)16)22-4-3-21-11/h5,7-8H,3-4,6H2,1-2H3,(H,17,18,20). The number of carbonyl (C=O) groups is 1. The van der Waals surface area contributed by atoms with Gasteiger partial charge in [-0.2, -0.15) is 0 Å². The molecule has 0 atom stereocenters. The third-order valence-corrected chi connectivity index (χ3v) is 5.33. The van der Waals surface area contributed by atoms with Crippen molar-refractivity contribution in [3.63, 3.8) is 0 Å². The Balaban J connectivity index is 1.65. The molecule has 0 aliphatic carbocycles. The monoisotopic (exact) mass is 385 g/mol. The predicted molar refractivity (Wildman–Crippen MR) is 95.7 cm³/mol. The van der Waals surface area contributed by atoms with E-state index in [9.17, 15) is 4.79 Å². The van der Waals surface area contributed by atoms with Gasteiger partial charge in [-0.25, -0.2) is 0 Å². The average molecular weight is 386 g/mol. The number of halogens is 1. The first-order valence-corrected chi connectivity index (χ1v) is 9.46. The summed E-state index contributed by atoms with van der Waals surface area (Å²) in [5.74, 6) is 1.01. The molecule has 1 aliphatic heterocycles. The lowest BCUT2D eigenvalue weighted by Gasteiger charge is -2.19. The smallest absolute Gasteiger partial charge is 0.230 e. The molecule has 128 valence electrons. The molecule has 1 N–H and O–H groups in total. The van der Waals surface area contributed by atoms with E-state index in [-0.39, 0.29) is 12.3 Å². The first kappa shape index (κ1) is 17.3. The van der Waals surface area contributed by atoms with E-state index in [4.69, 9.17) is 21.1 Å². The maximum absolute atomic E-state index is 12.2. The summed E-state index contributed by atoms with van der Waals surface area (Å²) < 4.78 is 11.8. The predicted octanol–water partition coefficient (Wildman–Crippen LogP) is 3.64. The van der Waals surface area contributed by atoms with Gasteiger partial charge in [0.15, 0.2) is 15.8 Å². The number of anilines is 1. The summed E-state index contributed by atoms with van der Waals surface area (Å²) in [4.78, 5) is 12.2.